The van der Waals surface area contributed by atoms with Crippen LogP contribution >= 0.6 is 0 Å². The minimum atomic E-state index is -0.451. The molecule has 188 valence electrons. The van der Waals surface area contributed by atoms with Crippen molar-refractivity contribution in [3.63, 3.8) is 0 Å². The molecule has 0 aliphatic carbocycles. The van der Waals surface area contributed by atoms with E-state index in [1.165, 1.54) is 89.9 Å². The number of allylic oxidation sites excluding steroid dienone is 1. The molecule has 0 aromatic rings. The van der Waals surface area contributed by atoms with Gasteiger partial charge in [-0.1, -0.05) is 123 Å². The molecule has 4 nitrogen and oxygen atoms in total. The zero-order valence-corrected chi connectivity index (χ0v) is 21.7. The van der Waals surface area contributed by atoms with Crippen molar-refractivity contribution in [3.8, 4) is 0 Å². The molecule has 1 unspecified atom stereocenters. The van der Waals surface area contributed by atoms with Gasteiger partial charge in [0.15, 0.2) is 0 Å². The molecular formula is C28H54N2O2. The van der Waals surface area contributed by atoms with Crippen LogP contribution in [0.3, 0.4) is 0 Å². The molecule has 0 heterocycles. The van der Waals surface area contributed by atoms with E-state index >= 15 is 0 Å². The molecule has 0 aliphatic rings. The molecule has 0 aromatic carbocycles. The first kappa shape index (κ1) is 30.7. The number of nitrogens with one attached hydrogen (secondary N) is 2. The summed E-state index contributed by atoms with van der Waals surface area (Å²) < 4.78 is 0. The van der Waals surface area contributed by atoms with Gasteiger partial charge in [-0.25, -0.2) is 0 Å². The van der Waals surface area contributed by atoms with Gasteiger partial charge in [0.2, 0.25) is 11.8 Å². The van der Waals surface area contributed by atoms with E-state index in [1.54, 1.807) is 6.08 Å². The van der Waals surface area contributed by atoms with Gasteiger partial charge in [0.05, 0.1) is 0 Å². The number of carbonyl (C=O) groups is 2. The highest BCUT2D eigenvalue weighted by Gasteiger charge is 2.23. The predicted molar refractivity (Wildman–Crippen MR) is 139 cm³/mol. The van der Waals surface area contributed by atoms with Crippen molar-refractivity contribution in [1.29, 1.82) is 0 Å². The molecule has 0 fully saturated rings. The molecule has 0 saturated carbocycles. The van der Waals surface area contributed by atoms with Gasteiger partial charge in [-0.3, -0.25) is 9.59 Å². The molecule has 2 amide bonds. The third kappa shape index (κ3) is 19.4. The van der Waals surface area contributed by atoms with E-state index in [0.29, 0.717) is 19.4 Å². The Morgan fingerprint density at radius 1 is 0.750 bits per heavy atom. The van der Waals surface area contributed by atoms with E-state index in [4.69, 9.17) is 0 Å². The van der Waals surface area contributed by atoms with E-state index in [9.17, 15) is 9.59 Å². The number of hydrogen-bond acceptors (Lipinski definition) is 2. The van der Waals surface area contributed by atoms with E-state index in [1.807, 2.05) is 13.8 Å². The van der Waals surface area contributed by atoms with E-state index in [-0.39, 0.29) is 17.7 Å². The summed E-state index contributed by atoms with van der Waals surface area (Å²) in [6, 6.07) is -0.451. The van der Waals surface area contributed by atoms with Crippen LogP contribution in [-0.4, -0.2) is 24.4 Å². The third-order valence-corrected chi connectivity index (χ3v) is 6.17. The van der Waals surface area contributed by atoms with Crippen LogP contribution in [0.2, 0.25) is 0 Å². The zero-order chi connectivity index (χ0) is 23.9. The molecule has 0 aromatic heterocycles. The number of unbranched alkanes of at least 4 members (excludes halogenated alkanes) is 15. The second-order valence-electron chi connectivity index (χ2n) is 9.71. The van der Waals surface area contributed by atoms with Crippen molar-refractivity contribution < 1.29 is 9.59 Å². The van der Waals surface area contributed by atoms with Crippen molar-refractivity contribution in [2.24, 2.45) is 5.92 Å². The second-order valence-corrected chi connectivity index (χ2v) is 9.71. The fourth-order valence-electron chi connectivity index (χ4n) is 4.01. The summed E-state index contributed by atoms with van der Waals surface area (Å²) in [6.45, 7) is 10.5. The Morgan fingerprint density at radius 2 is 1.19 bits per heavy atom. The Kier molecular flexibility index (Phi) is 21.9. The van der Waals surface area contributed by atoms with Crippen molar-refractivity contribution in [1.82, 2.24) is 10.6 Å². The van der Waals surface area contributed by atoms with E-state index in [2.05, 4.69) is 24.1 Å². The van der Waals surface area contributed by atoms with Crippen LogP contribution in [0.15, 0.2) is 12.7 Å². The smallest absolute Gasteiger partial charge is 0.242 e. The average Bonchev–Trinajstić information content (AvgIpc) is 2.77. The monoisotopic (exact) mass is 450 g/mol. The molecule has 0 bridgehead atoms. The van der Waals surface area contributed by atoms with Crippen LogP contribution in [0, 0.1) is 5.92 Å². The lowest BCUT2D eigenvalue weighted by molar-refractivity contribution is -0.130. The predicted octanol–water partition coefficient (Wildman–Crippen LogP) is 7.47. The lowest BCUT2D eigenvalue weighted by Crippen LogP contribution is -2.49. The first-order chi connectivity index (χ1) is 15.5. The standard InChI is InChI=1S/C28H54N2O2/c1-5-7-9-10-11-12-13-14-15-16-17-18-19-20-21-22-24-29-28(32)27(25(3)4)30-26(31)23-8-6-2/h6,25,27H,2,5,7-24H2,1,3-4H3,(H,29,32)(H,30,31). The molecule has 0 radical (unpaired) electrons. The largest absolute Gasteiger partial charge is 0.354 e. The lowest BCUT2D eigenvalue weighted by Gasteiger charge is -2.21. The Bertz CT molecular complexity index is 462. The SMILES string of the molecule is C=CCCC(=O)NC(C(=O)NCCCCCCCCCCCCCCCCCC)C(C)C. The Morgan fingerprint density at radius 3 is 1.59 bits per heavy atom. The van der Waals surface area contributed by atoms with Gasteiger partial charge >= 0.3 is 0 Å². The minimum Gasteiger partial charge on any atom is -0.354 e. The summed E-state index contributed by atoms with van der Waals surface area (Å²) in [5, 5.41) is 5.86. The molecular weight excluding hydrogens is 396 g/mol. The summed E-state index contributed by atoms with van der Waals surface area (Å²) in [6.07, 6.45) is 24.3. The summed E-state index contributed by atoms with van der Waals surface area (Å²) in [7, 11) is 0. The van der Waals surface area contributed by atoms with Crippen LogP contribution in [-0.2, 0) is 9.59 Å². The first-order valence-electron chi connectivity index (χ1n) is 13.7. The first-order valence-corrected chi connectivity index (χ1v) is 13.7. The van der Waals surface area contributed by atoms with Gasteiger partial charge in [0.1, 0.15) is 6.04 Å². The average molecular weight is 451 g/mol. The van der Waals surface area contributed by atoms with Gasteiger partial charge in [-0.05, 0) is 18.8 Å². The molecule has 1 atom stereocenters. The maximum atomic E-state index is 12.4. The number of carbonyl (C=O) groups excluding carboxylic acids is 2. The third-order valence-electron chi connectivity index (χ3n) is 6.17. The van der Waals surface area contributed by atoms with Gasteiger partial charge in [0, 0.05) is 13.0 Å². The number of hydrogen-bond donors (Lipinski definition) is 2. The molecule has 0 rings (SSSR count). The summed E-state index contributed by atoms with van der Waals surface area (Å²) in [5.74, 6) is -0.0671. The Balaban J connectivity index is 3.53. The number of rotatable bonds is 23. The minimum absolute atomic E-state index is 0.0621. The maximum absolute atomic E-state index is 12.4. The second kappa shape index (κ2) is 22.9. The van der Waals surface area contributed by atoms with Crippen molar-refractivity contribution in [3.05, 3.63) is 12.7 Å². The van der Waals surface area contributed by atoms with Gasteiger partial charge in [-0.15, -0.1) is 6.58 Å². The Hall–Kier alpha value is -1.32. The highest BCUT2D eigenvalue weighted by atomic mass is 16.2. The van der Waals surface area contributed by atoms with Crippen molar-refractivity contribution in [2.75, 3.05) is 6.54 Å². The lowest BCUT2D eigenvalue weighted by atomic mass is 10.0. The number of amides is 2. The summed E-state index contributed by atoms with van der Waals surface area (Å²) in [5.41, 5.74) is 0. The van der Waals surface area contributed by atoms with E-state index in [0.717, 1.165) is 12.8 Å². The molecule has 32 heavy (non-hydrogen) atoms. The molecule has 4 heteroatoms. The fourth-order valence-corrected chi connectivity index (χ4v) is 4.01. The van der Waals surface area contributed by atoms with Crippen LogP contribution < -0.4 is 10.6 Å². The van der Waals surface area contributed by atoms with Gasteiger partial charge in [0.25, 0.3) is 0 Å². The van der Waals surface area contributed by atoms with Crippen LogP contribution in [0.5, 0.6) is 0 Å². The summed E-state index contributed by atoms with van der Waals surface area (Å²) in [4.78, 5) is 24.3. The molecule has 2 N–H and O–H groups in total. The van der Waals surface area contributed by atoms with E-state index < -0.39 is 6.04 Å². The topological polar surface area (TPSA) is 58.2 Å². The molecule has 0 saturated heterocycles. The van der Waals surface area contributed by atoms with Gasteiger partial charge < -0.3 is 10.6 Å². The highest BCUT2D eigenvalue weighted by Crippen LogP contribution is 2.13. The fraction of sp³-hybridized carbons (Fsp3) is 0.857. The Labute approximate surface area is 199 Å². The molecule has 0 spiro atoms. The molecule has 0 aliphatic heterocycles. The summed E-state index contributed by atoms with van der Waals surface area (Å²) >= 11 is 0. The van der Waals surface area contributed by atoms with Crippen LogP contribution in [0.1, 0.15) is 136 Å². The van der Waals surface area contributed by atoms with Crippen LogP contribution in [0.4, 0.5) is 0 Å². The quantitative estimate of drug-likeness (QED) is 0.125. The van der Waals surface area contributed by atoms with Crippen LogP contribution in [0.25, 0.3) is 0 Å². The zero-order valence-electron chi connectivity index (χ0n) is 21.7. The van der Waals surface area contributed by atoms with Crippen molar-refractivity contribution >= 4 is 11.8 Å². The maximum Gasteiger partial charge on any atom is 0.242 e. The highest BCUT2D eigenvalue weighted by molar-refractivity contribution is 5.87. The van der Waals surface area contributed by atoms with Crippen molar-refractivity contribution in [2.45, 2.75) is 142 Å². The normalized spacial score (nSPS) is 12.0. The van der Waals surface area contributed by atoms with Gasteiger partial charge in [-0.2, -0.15) is 0 Å².